The second-order valence-corrected chi connectivity index (χ2v) is 6.99. The highest BCUT2D eigenvalue weighted by Crippen LogP contribution is 2.25. The first kappa shape index (κ1) is 17.7. The molecule has 1 aromatic heterocycles. The number of hydrogen-bond donors (Lipinski definition) is 2. The third kappa shape index (κ3) is 5.43. The minimum atomic E-state index is 0.131. The number of amides is 1. The molecule has 2 aromatic rings. The Hall–Kier alpha value is -2.14. The largest absolute Gasteiger partial charge is 0.355 e. The maximum atomic E-state index is 12.2. The van der Waals surface area contributed by atoms with Crippen molar-refractivity contribution >= 4 is 5.91 Å². The van der Waals surface area contributed by atoms with Crippen LogP contribution in [0, 0.1) is 6.92 Å². The van der Waals surface area contributed by atoms with E-state index in [0.717, 1.165) is 56.7 Å². The van der Waals surface area contributed by atoms with E-state index in [4.69, 9.17) is 0 Å². The van der Waals surface area contributed by atoms with Gasteiger partial charge >= 0.3 is 0 Å². The fourth-order valence-corrected chi connectivity index (χ4v) is 3.51. The number of hydrogen-bond acceptors (Lipinski definition) is 3. The molecule has 5 nitrogen and oxygen atoms in total. The topological polar surface area (TPSA) is 61.0 Å². The zero-order valence-electron chi connectivity index (χ0n) is 15.0. The Morgan fingerprint density at radius 2 is 2.20 bits per heavy atom. The SMILES string of the molecule is Cc1cc([C@H]2CCCN(CC(=O)NCCCc3ccccc3)C2)n[nH]1. The van der Waals surface area contributed by atoms with Crippen LogP contribution < -0.4 is 5.32 Å². The van der Waals surface area contributed by atoms with Gasteiger partial charge in [0.25, 0.3) is 0 Å². The standard InChI is InChI=1S/C20H28N4O/c1-16-13-19(23-22-16)18-10-6-12-24(14-18)15-20(25)21-11-5-9-17-7-3-2-4-8-17/h2-4,7-8,13,18H,5-6,9-12,14-15H2,1H3,(H,21,25)(H,22,23)/t18-/m0/s1. The number of aryl methyl sites for hydroxylation is 2. The lowest BCUT2D eigenvalue weighted by Crippen LogP contribution is -2.42. The van der Waals surface area contributed by atoms with E-state index >= 15 is 0 Å². The van der Waals surface area contributed by atoms with Crippen LogP contribution in [-0.4, -0.2) is 47.2 Å². The molecule has 0 bridgehead atoms. The molecular weight excluding hydrogens is 312 g/mol. The fourth-order valence-electron chi connectivity index (χ4n) is 3.51. The first-order valence-electron chi connectivity index (χ1n) is 9.25. The fraction of sp³-hybridized carbons (Fsp3) is 0.500. The van der Waals surface area contributed by atoms with Crippen LogP contribution in [0.1, 0.15) is 42.1 Å². The van der Waals surface area contributed by atoms with Crippen molar-refractivity contribution in [3.8, 4) is 0 Å². The van der Waals surface area contributed by atoms with E-state index in [9.17, 15) is 4.79 Å². The smallest absolute Gasteiger partial charge is 0.234 e. The molecule has 0 aliphatic carbocycles. The minimum Gasteiger partial charge on any atom is -0.355 e. The lowest BCUT2D eigenvalue weighted by Gasteiger charge is -2.31. The second kappa shape index (κ2) is 8.81. The third-order valence-corrected chi connectivity index (χ3v) is 4.82. The maximum absolute atomic E-state index is 12.2. The molecule has 1 saturated heterocycles. The number of nitrogens with one attached hydrogen (secondary N) is 2. The maximum Gasteiger partial charge on any atom is 0.234 e. The van der Waals surface area contributed by atoms with Crippen molar-refractivity contribution in [1.29, 1.82) is 0 Å². The number of H-pyrrole nitrogens is 1. The molecule has 1 aliphatic rings. The third-order valence-electron chi connectivity index (χ3n) is 4.82. The Balaban J connectivity index is 1.37. The van der Waals surface area contributed by atoms with Crippen LogP contribution in [0.2, 0.25) is 0 Å². The van der Waals surface area contributed by atoms with Crippen molar-refractivity contribution < 1.29 is 4.79 Å². The number of aromatic nitrogens is 2. The molecule has 0 spiro atoms. The summed E-state index contributed by atoms with van der Waals surface area (Å²) in [5.74, 6) is 0.566. The van der Waals surface area contributed by atoms with Gasteiger partial charge in [-0.3, -0.25) is 14.8 Å². The normalized spacial score (nSPS) is 18.2. The number of rotatable bonds is 7. The van der Waals surface area contributed by atoms with Crippen LogP contribution in [0.4, 0.5) is 0 Å². The highest BCUT2D eigenvalue weighted by Gasteiger charge is 2.24. The molecule has 0 unspecified atom stereocenters. The highest BCUT2D eigenvalue weighted by molar-refractivity contribution is 5.78. The number of benzene rings is 1. The van der Waals surface area contributed by atoms with Gasteiger partial charge in [-0.1, -0.05) is 30.3 Å². The lowest BCUT2D eigenvalue weighted by atomic mass is 9.94. The average molecular weight is 340 g/mol. The van der Waals surface area contributed by atoms with Gasteiger partial charge in [-0.2, -0.15) is 5.10 Å². The van der Waals surface area contributed by atoms with Crippen LogP contribution in [-0.2, 0) is 11.2 Å². The van der Waals surface area contributed by atoms with Crippen molar-refractivity contribution in [2.45, 2.75) is 38.5 Å². The van der Waals surface area contributed by atoms with Crippen molar-refractivity contribution in [2.75, 3.05) is 26.2 Å². The Morgan fingerprint density at radius 1 is 1.36 bits per heavy atom. The molecule has 1 fully saturated rings. The molecular formula is C20H28N4O. The van der Waals surface area contributed by atoms with E-state index in [0.29, 0.717) is 12.5 Å². The van der Waals surface area contributed by atoms with Gasteiger partial charge in [-0.05, 0) is 50.8 Å². The number of nitrogens with zero attached hydrogens (tertiary/aromatic N) is 2. The number of piperidine rings is 1. The Morgan fingerprint density at radius 3 is 2.96 bits per heavy atom. The summed E-state index contributed by atoms with van der Waals surface area (Å²) < 4.78 is 0. The Bertz CT molecular complexity index is 667. The molecule has 2 heterocycles. The summed E-state index contributed by atoms with van der Waals surface area (Å²) in [5, 5.41) is 10.5. The summed E-state index contributed by atoms with van der Waals surface area (Å²) >= 11 is 0. The van der Waals surface area contributed by atoms with Gasteiger partial charge in [0.05, 0.1) is 12.2 Å². The van der Waals surface area contributed by atoms with Gasteiger partial charge in [0, 0.05) is 24.7 Å². The van der Waals surface area contributed by atoms with Crippen molar-refractivity contribution in [2.24, 2.45) is 0 Å². The van der Waals surface area contributed by atoms with E-state index in [1.807, 2.05) is 13.0 Å². The predicted octanol–water partition coefficient (Wildman–Crippen LogP) is 2.65. The number of carbonyl (C=O) groups is 1. The summed E-state index contributed by atoms with van der Waals surface area (Å²) in [6.07, 6.45) is 4.26. The molecule has 1 amide bonds. The first-order valence-corrected chi connectivity index (χ1v) is 9.25. The Kier molecular flexibility index (Phi) is 6.23. The van der Waals surface area contributed by atoms with Crippen molar-refractivity contribution in [3.05, 3.63) is 53.3 Å². The predicted molar refractivity (Wildman–Crippen MR) is 99.5 cm³/mol. The van der Waals surface area contributed by atoms with E-state index in [1.165, 1.54) is 5.56 Å². The number of likely N-dealkylation sites (tertiary alicyclic amines) is 1. The highest BCUT2D eigenvalue weighted by atomic mass is 16.2. The summed E-state index contributed by atoms with van der Waals surface area (Å²) in [4.78, 5) is 14.4. The van der Waals surface area contributed by atoms with Gasteiger partial charge in [0.2, 0.25) is 5.91 Å². The average Bonchev–Trinajstić information content (AvgIpc) is 3.06. The summed E-state index contributed by atoms with van der Waals surface area (Å²) in [7, 11) is 0. The van der Waals surface area contributed by atoms with Crippen molar-refractivity contribution in [1.82, 2.24) is 20.4 Å². The van der Waals surface area contributed by atoms with Gasteiger partial charge in [-0.15, -0.1) is 0 Å². The van der Waals surface area contributed by atoms with E-state index in [2.05, 4.69) is 50.7 Å². The molecule has 0 radical (unpaired) electrons. The summed E-state index contributed by atoms with van der Waals surface area (Å²) in [6.45, 7) is 5.17. The first-order chi connectivity index (χ1) is 12.2. The van der Waals surface area contributed by atoms with Gasteiger partial charge in [0.15, 0.2) is 0 Å². The van der Waals surface area contributed by atoms with E-state index in [1.54, 1.807) is 0 Å². The Labute approximate surface area is 149 Å². The quantitative estimate of drug-likeness (QED) is 0.762. The summed E-state index contributed by atoms with van der Waals surface area (Å²) in [6, 6.07) is 12.5. The van der Waals surface area contributed by atoms with Gasteiger partial charge in [0.1, 0.15) is 0 Å². The van der Waals surface area contributed by atoms with Crippen LogP contribution >= 0.6 is 0 Å². The number of aromatic amines is 1. The molecule has 1 aliphatic heterocycles. The monoisotopic (exact) mass is 340 g/mol. The zero-order chi connectivity index (χ0) is 17.5. The van der Waals surface area contributed by atoms with Crippen molar-refractivity contribution in [3.63, 3.8) is 0 Å². The molecule has 0 saturated carbocycles. The molecule has 25 heavy (non-hydrogen) atoms. The minimum absolute atomic E-state index is 0.131. The van der Waals surface area contributed by atoms with E-state index < -0.39 is 0 Å². The van der Waals surface area contributed by atoms with Gasteiger partial charge < -0.3 is 5.32 Å². The zero-order valence-corrected chi connectivity index (χ0v) is 15.0. The van der Waals surface area contributed by atoms with Crippen LogP contribution in [0.25, 0.3) is 0 Å². The number of carbonyl (C=O) groups excluding carboxylic acids is 1. The molecule has 2 N–H and O–H groups in total. The molecule has 1 aromatic carbocycles. The molecule has 5 heteroatoms. The molecule has 1 atom stereocenters. The van der Waals surface area contributed by atoms with Crippen LogP contribution in [0.15, 0.2) is 36.4 Å². The van der Waals surface area contributed by atoms with Crippen LogP contribution in [0.3, 0.4) is 0 Å². The summed E-state index contributed by atoms with van der Waals surface area (Å²) in [5.41, 5.74) is 3.55. The van der Waals surface area contributed by atoms with E-state index in [-0.39, 0.29) is 5.91 Å². The lowest BCUT2D eigenvalue weighted by molar-refractivity contribution is -0.122. The molecule has 3 rings (SSSR count). The van der Waals surface area contributed by atoms with Crippen LogP contribution in [0.5, 0.6) is 0 Å². The molecule has 134 valence electrons. The van der Waals surface area contributed by atoms with Gasteiger partial charge in [-0.25, -0.2) is 0 Å². The second-order valence-electron chi connectivity index (χ2n) is 6.99.